The quantitative estimate of drug-likeness (QED) is 0.554. The van der Waals surface area contributed by atoms with Crippen molar-refractivity contribution in [3.05, 3.63) is 0 Å². The van der Waals surface area contributed by atoms with Gasteiger partial charge in [0.15, 0.2) is 0 Å². The molecule has 4 nitrogen and oxygen atoms in total. The van der Waals surface area contributed by atoms with Crippen molar-refractivity contribution in [3.63, 3.8) is 0 Å². The van der Waals surface area contributed by atoms with Crippen molar-refractivity contribution in [2.75, 3.05) is 27.2 Å². The van der Waals surface area contributed by atoms with E-state index in [0.29, 0.717) is 17.9 Å². The fraction of sp³-hybridized carbons (Fsp3) is 0.875. The number of hydrogen-bond acceptors (Lipinski definition) is 2. The molecule has 68 valence electrons. The lowest BCUT2D eigenvalue weighted by Crippen LogP contribution is -2.39. The molecule has 0 bridgehead atoms. The zero-order valence-corrected chi connectivity index (χ0v) is 7.50. The number of piperidine rings is 1. The van der Waals surface area contributed by atoms with Crippen molar-refractivity contribution in [1.82, 2.24) is 15.5 Å². The topological polar surface area (TPSA) is 44.4 Å². The highest BCUT2D eigenvalue weighted by atomic mass is 16.2. The number of fused-ring (bicyclic) bond motifs is 1. The highest BCUT2D eigenvalue weighted by Crippen LogP contribution is 2.41. The van der Waals surface area contributed by atoms with Crippen molar-refractivity contribution in [2.45, 2.75) is 6.04 Å². The van der Waals surface area contributed by atoms with E-state index < -0.39 is 0 Å². The maximum atomic E-state index is 11.2. The molecule has 2 unspecified atom stereocenters. The minimum absolute atomic E-state index is 0.0365. The molecule has 2 amide bonds. The van der Waals surface area contributed by atoms with E-state index in [1.54, 1.807) is 19.0 Å². The Hall–Kier alpha value is -0.770. The van der Waals surface area contributed by atoms with E-state index in [-0.39, 0.29) is 6.03 Å². The number of nitrogens with zero attached hydrogens (tertiary/aromatic N) is 1. The fourth-order valence-electron chi connectivity index (χ4n) is 1.90. The third-order valence-corrected chi connectivity index (χ3v) is 2.79. The van der Waals surface area contributed by atoms with Crippen LogP contribution in [-0.4, -0.2) is 44.2 Å². The number of hydrogen-bond donors (Lipinski definition) is 2. The first-order valence-electron chi connectivity index (χ1n) is 4.38. The summed E-state index contributed by atoms with van der Waals surface area (Å²) in [6, 6.07) is 0.482. The normalized spacial score (nSPS) is 37.3. The van der Waals surface area contributed by atoms with Crippen molar-refractivity contribution in [2.24, 2.45) is 11.8 Å². The Bertz CT molecular complexity index is 194. The average molecular weight is 169 g/mol. The van der Waals surface area contributed by atoms with Crippen LogP contribution >= 0.6 is 0 Å². The van der Waals surface area contributed by atoms with Crippen molar-refractivity contribution in [1.29, 1.82) is 0 Å². The third-order valence-electron chi connectivity index (χ3n) is 2.79. The van der Waals surface area contributed by atoms with Crippen LogP contribution in [0.5, 0.6) is 0 Å². The molecule has 4 heteroatoms. The van der Waals surface area contributed by atoms with Crippen LogP contribution in [0.3, 0.4) is 0 Å². The Kier molecular flexibility index (Phi) is 1.72. The molecule has 2 aliphatic rings. The Morgan fingerprint density at radius 2 is 2.00 bits per heavy atom. The van der Waals surface area contributed by atoms with Gasteiger partial charge in [-0.2, -0.15) is 0 Å². The van der Waals surface area contributed by atoms with E-state index in [9.17, 15) is 4.79 Å². The molecule has 2 rings (SSSR count). The van der Waals surface area contributed by atoms with Crippen LogP contribution in [0.25, 0.3) is 0 Å². The molecule has 1 aliphatic carbocycles. The molecule has 0 spiro atoms. The van der Waals surface area contributed by atoms with Gasteiger partial charge >= 0.3 is 6.03 Å². The highest BCUT2D eigenvalue weighted by molar-refractivity contribution is 5.74. The maximum Gasteiger partial charge on any atom is 0.317 e. The fourth-order valence-corrected chi connectivity index (χ4v) is 1.90. The summed E-state index contributed by atoms with van der Waals surface area (Å²) in [6.45, 7) is 2.14. The van der Waals surface area contributed by atoms with Gasteiger partial charge in [-0.1, -0.05) is 0 Å². The Labute approximate surface area is 72.3 Å². The molecule has 2 atom stereocenters. The smallest absolute Gasteiger partial charge is 0.317 e. The van der Waals surface area contributed by atoms with Crippen molar-refractivity contribution >= 4 is 6.03 Å². The van der Waals surface area contributed by atoms with Gasteiger partial charge in [0, 0.05) is 33.2 Å². The number of urea groups is 1. The van der Waals surface area contributed by atoms with Gasteiger partial charge in [-0.3, -0.25) is 0 Å². The number of amides is 2. The van der Waals surface area contributed by atoms with Crippen LogP contribution in [0.1, 0.15) is 0 Å². The summed E-state index contributed by atoms with van der Waals surface area (Å²) in [5, 5.41) is 6.29. The van der Waals surface area contributed by atoms with Gasteiger partial charge in [-0.05, 0) is 11.8 Å². The van der Waals surface area contributed by atoms with Crippen LogP contribution in [0, 0.1) is 11.8 Å². The standard InChI is InChI=1S/C8H15N3O/c1-11(2)8(12)10-7-5-3-9-4-6(5)7/h5-7,9H,3-4H2,1-2H3,(H,10,12). The van der Waals surface area contributed by atoms with E-state index in [1.165, 1.54) is 0 Å². The molecule has 1 saturated carbocycles. The molecular weight excluding hydrogens is 154 g/mol. The summed E-state index contributed by atoms with van der Waals surface area (Å²) in [4.78, 5) is 12.8. The van der Waals surface area contributed by atoms with Gasteiger partial charge < -0.3 is 15.5 Å². The monoisotopic (exact) mass is 169 g/mol. The summed E-state index contributed by atoms with van der Waals surface area (Å²) in [6.07, 6.45) is 0. The molecule has 1 heterocycles. The van der Waals surface area contributed by atoms with Crippen LogP contribution in [0.15, 0.2) is 0 Å². The molecule has 0 aromatic carbocycles. The second-order valence-corrected chi connectivity index (χ2v) is 3.86. The minimum atomic E-state index is 0.0365. The summed E-state index contributed by atoms with van der Waals surface area (Å²) in [7, 11) is 3.54. The highest BCUT2D eigenvalue weighted by Gasteiger charge is 2.53. The van der Waals surface area contributed by atoms with Gasteiger partial charge in [0.25, 0.3) is 0 Å². The lowest BCUT2D eigenvalue weighted by Gasteiger charge is -2.13. The minimum Gasteiger partial charge on any atom is -0.335 e. The number of nitrogens with one attached hydrogen (secondary N) is 2. The van der Waals surface area contributed by atoms with Gasteiger partial charge in [-0.15, -0.1) is 0 Å². The molecule has 0 radical (unpaired) electrons. The molecule has 0 aromatic heterocycles. The molecular formula is C8H15N3O. The summed E-state index contributed by atoms with van der Waals surface area (Å²) in [5.41, 5.74) is 0. The van der Waals surface area contributed by atoms with E-state index in [4.69, 9.17) is 0 Å². The summed E-state index contributed by atoms with van der Waals surface area (Å²) >= 11 is 0. The lowest BCUT2D eigenvalue weighted by molar-refractivity contribution is 0.215. The number of rotatable bonds is 1. The van der Waals surface area contributed by atoms with Gasteiger partial charge in [0.2, 0.25) is 0 Å². The first-order chi connectivity index (χ1) is 5.70. The molecule has 0 aromatic rings. The number of carbonyl (C=O) groups excluding carboxylic acids is 1. The Balaban J connectivity index is 1.79. The van der Waals surface area contributed by atoms with E-state index >= 15 is 0 Å². The summed E-state index contributed by atoms with van der Waals surface area (Å²) < 4.78 is 0. The SMILES string of the molecule is CN(C)C(=O)NC1C2CNCC21. The van der Waals surface area contributed by atoms with E-state index in [1.807, 2.05) is 0 Å². The third kappa shape index (κ3) is 1.16. The maximum absolute atomic E-state index is 11.2. The van der Waals surface area contributed by atoms with Crippen LogP contribution in [0.4, 0.5) is 4.79 Å². The largest absolute Gasteiger partial charge is 0.335 e. The first kappa shape index (κ1) is 7.86. The Morgan fingerprint density at radius 3 is 2.50 bits per heavy atom. The van der Waals surface area contributed by atoms with Crippen LogP contribution in [0.2, 0.25) is 0 Å². The van der Waals surface area contributed by atoms with Gasteiger partial charge in [0.1, 0.15) is 0 Å². The number of carbonyl (C=O) groups is 1. The molecule has 2 fully saturated rings. The van der Waals surface area contributed by atoms with Gasteiger partial charge in [0.05, 0.1) is 0 Å². The van der Waals surface area contributed by atoms with E-state index in [2.05, 4.69) is 10.6 Å². The zero-order chi connectivity index (χ0) is 8.72. The first-order valence-corrected chi connectivity index (χ1v) is 4.38. The van der Waals surface area contributed by atoms with Gasteiger partial charge in [-0.25, -0.2) is 4.79 Å². The van der Waals surface area contributed by atoms with Crippen LogP contribution < -0.4 is 10.6 Å². The van der Waals surface area contributed by atoms with Crippen LogP contribution in [-0.2, 0) is 0 Å². The van der Waals surface area contributed by atoms with E-state index in [0.717, 1.165) is 13.1 Å². The zero-order valence-electron chi connectivity index (χ0n) is 7.50. The predicted octanol–water partition coefficient (Wildman–Crippen LogP) is -0.525. The second kappa shape index (κ2) is 2.62. The lowest BCUT2D eigenvalue weighted by atomic mass is 10.4. The second-order valence-electron chi connectivity index (χ2n) is 3.86. The predicted molar refractivity (Wildman–Crippen MR) is 45.9 cm³/mol. The van der Waals surface area contributed by atoms with Crippen molar-refractivity contribution in [3.8, 4) is 0 Å². The molecule has 2 N–H and O–H groups in total. The Morgan fingerprint density at radius 1 is 1.42 bits per heavy atom. The molecule has 1 saturated heterocycles. The van der Waals surface area contributed by atoms with Crippen molar-refractivity contribution < 1.29 is 4.79 Å². The average Bonchev–Trinajstić information content (AvgIpc) is 2.46. The molecule has 1 aliphatic heterocycles. The molecule has 12 heavy (non-hydrogen) atoms. The summed E-state index contributed by atoms with van der Waals surface area (Å²) in [5.74, 6) is 1.41.